The highest BCUT2D eigenvalue weighted by Crippen LogP contribution is 2.72. The third kappa shape index (κ3) is 8.77. The lowest BCUT2D eigenvalue weighted by molar-refractivity contribution is -0.233. The van der Waals surface area contributed by atoms with Crippen LogP contribution in [0.15, 0.2) is 48.1 Å². The average Bonchev–Trinajstić information content (AvgIpc) is 3.73. The fourth-order valence-electron chi connectivity index (χ4n) is 11.0. The molecule has 19 heteroatoms. The molecule has 8 N–H and O–H groups in total. The number of primary amides is 1. The van der Waals surface area contributed by atoms with Crippen molar-refractivity contribution < 1.29 is 61.7 Å². The molecule has 1 heterocycles. The number of carbonyl (C=O) groups excluding carboxylic acids is 7. The van der Waals surface area contributed by atoms with Gasteiger partial charge in [-0.15, -0.1) is 0 Å². The van der Waals surface area contributed by atoms with Gasteiger partial charge in [0.15, 0.2) is 29.1 Å². The fraction of sp³-hybridized carbons (Fsp3) is 0.622. The van der Waals surface area contributed by atoms with Gasteiger partial charge < -0.3 is 51.6 Å². The molecule has 5 aliphatic rings. The minimum atomic E-state index is -2.36. The molecule has 6 rings (SSSR count). The summed E-state index contributed by atoms with van der Waals surface area (Å²) in [5.74, 6) is -4.14. The number of alkyl carbamates (subject to hydrolysis) is 1. The molecule has 350 valence electrons. The first-order valence-corrected chi connectivity index (χ1v) is 21.9. The van der Waals surface area contributed by atoms with E-state index in [0.717, 1.165) is 6.08 Å². The monoisotopic (exact) mass is 898 g/mol. The van der Waals surface area contributed by atoms with Crippen LogP contribution >= 0.6 is 0 Å². The number of allylic oxidation sites excluding steroid dienone is 4. The molecule has 0 radical (unpaired) electrons. The van der Waals surface area contributed by atoms with Crippen LogP contribution in [0.2, 0.25) is 0 Å². The van der Waals surface area contributed by atoms with Crippen molar-refractivity contribution in [2.45, 2.75) is 134 Å². The van der Waals surface area contributed by atoms with Crippen LogP contribution in [0.5, 0.6) is 0 Å². The second-order valence-electron chi connectivity index (χ2n) is 18.3. The number of nitrogens with one attached hydrogen (secondary N) is 5. The van der Waals surface area contributed by atoms with Crippen LogP contribution < -0.4 is 32.3 Å². The maximum absolute atomic E-state index is 17.8. The lowest BCUT2D eigenvalue weighted by Crippen LogP contribution is -2.71. The number of fused-ring (bicyclic) bond motifs is 7. The van der Waals surface area contributed by atoms with Crippen LogP contribution in [0.1, 0.15) is 85.1 Å². The number of amides is 6. The number of aliphatic hydroxyl groups is 1. The summed E-state index contributed by atoms with van der Waals surface area (Å²) in [4.78, 5) is 88.3. The van der Waals surface area contributed by atoms with Gasteiger partial charge >= 0.3 is 12.1 Å². The number of halogens is 2. The molecule has 4 aliphatic carbocycles. The van der Waals surface area contributed by atoms with E-state index in [0.29, 0.717) is 36.9 Å². The van der Waals surface area contributed by atoms with Crippen LogP contribution in [-0.2, 0) is 44.8 Å². The van der Waals surface area contributed by atoms with E-state index in [1.807, 2.05) is 6.92 Å². The first kappa shape index (κ1) is 48.2. The molecule has 1 aliphatic heterocycles. The van der Waals surface area contributed by atoms with Crippen molar-refractivity contribution in [2.75, 3.05) is 18.4 Å². The van der Waals surface area contributed by atoms with Crippen LogP contribution in [0, 0.1) is 28.6 Å². The number of nitrogens with two attached hydrogens (primary N) is 1. The van der Waals surface area contributed by atoms with Crippen molar-refractivity contribution in [1.82, 2.24) is 21.3 Å². The van der Waals surface area contributed by atoms with E-state index in [-0.39, 0.29) is 50.3 Å². The van der Waals surface area contributed by atoms with Crippen LogP contribution in [0.25, 0.3) is 0 Å². The van der Waals surface area contributed by atoms with E-state index in [2.05, 4.69) is 26.6 Å². The Hall–Kier alpha value is -5.27. The van der Waals surface area contributed by atoms with Crippen LogP contribution in [0.3, 0.4) is 0 Å². The van der Waals surface area contributed by atoms with Gasteiger partial charge in [0.05, 0.1) is 18.8 Å². The standard InChI is InChI=1S/C45H60F2N6O11/c1-6-8-36-63-35-19-28-29-18-31(46)30-17-27(55)14-15-42(30,4)44(29,47)33(56)20-43(28,5)45(35,64-36)34(57)21-50-41(61)62-22-25-10-12-26(13-11-25)52-38(58)32(9-7-16-49-40(48)60)53-39(59)37(24(2)3)51-23-54/h10-15,17,23-24,28-29,31-33,35-37,56H,6-9,16,18-22H2,1-5H3,(H,50,61)(H,51,54)(H,52,58)(H,53,59)(H3,48,49,60)/t28-,29-,31-,32-,33-,35+,36?,37-,42-,43-,44-,45+/m0/s1. The maximum Gasteiger partial charge on any atom is 0.407 e. The third-order valence-electron chi connectivity index (χ3n) is 14.1. The van der Waals surface area contributed by atoms with Crippen molar-refractivity contribution in [3.05, 3.63) is 53.6 Å². The van der Waals surface area contributed by atoms with Gasteiger partial charge in [-0.2, -0.15) is 0 Å². The molecule has 3 saturated carbocycles. The van der Waals surface area contributed by atoms with Gasteiger partial charge in [-0.1, -0.05) is 52.3 Å². The summed E-state index contributed by atoms with van der Waals surface area (Å²) >= 11 is 0. The largest absolute Gasteiger partial charge is 0.445 e. The number of urea groups is 1. The van der Waals surface area contributed by atoms with Crippen molar-refractivity contribution in [2.24, 2.45) is 34.3 Å². The number of hydrogen-bond donors (Lipinski definition) is 7. The van der Waals surface area contributed by atoms with E-state index >= 15 is 8.78 Å². The number of Topliss-reactive ketones (excluding diaryl/α,β-unsaturated/α-hetero) is 1. The van der Waals surface area contributed by atoms with Gasteiger partial charge in [0.2, 0.25) is 18.2 Å². The zero-order chi connectivity index (χ0) is 46.8. The molecule has 0 bridgehead atoms. The molecule has 0 spiro atoms. The molecule has 1 aromatic rings. The van der Waals surface area contributed by atoms with E-state index in [1.54, 1.807) is 45.0 Å². The first-order valence-electron chi connectivity index (χ1n) is 21.9. The minimum Gasteiger partial charge on any atom is -0.445 e. The Labute approximate surface area is 370 Å². The number of benzene rings is 1. The normalized spacial score (nSPS) is 33.3. The Kier molecular flexibility index (Phi) is 14.4. The van der Waals surface area contributed by atoms with E-state index in [4.69, 9.17) is 19.9 Å². The number of anilines is 1. The van der Waals surface area contributed by atoms with Gasteiger partial charge in [0.25, 0.3) is 0 Å². The second kappa shape index (κ2) is 19.1. The molecule has 1 aromatic carbocycles. The highest BCUT2D eigenvalue weighted by Gasteiger charge is 2.80. The molecule has 0 aromatic heterocycles. The molecule has 1 unspecified atom stereocenters. The SMILES string of the molecule is CCCC1O[C@@H]2C[C@H]3[C@@H]4C[C@H](F)C5=CC(=O)C=C[C@]5(C)[C@@]4(F)[C@@H](O)C[C@]3(C)[C@]2(C(=O)CNC(=O)OCc2ccc(NC(=O)[C@H](CCCNC(N)=O)NC(=O)[C@@H](NC=O)C(C)C)cc2)O1. The quantitative estimate of drug-likeness (QED) is 0.0831. The van der Waals surface area contributed by atoms with Crippen molar-refractivity contribution >= 4 is 47.6 Å². The van der Waals surface area contributed by atoms with Crippen LogP contribution in [0.4, 0.5) is 24.1 Å². The maximum atomic E-state index is 17.8. The summed E-state index contributed by atoms with van der Waals surface area (Å²) in [7, 11) is 0. The Morgan fingerprint density at radius 3 is 2.44 bits per heavy atom. The number of aliphatic hydroxyl groups excluding tert-OH is 1. The second-order valence-corrected chi connectivity index (χ2v) is 18.3. The Morgan fingerprint density at radius 1 is 1.06 bits per heavy atom. The summed E-state index contributed by atoms with van der Waals surface area (Å²) in [5, 5.41) is 24.6. The average molecular weight is 899 g/mol. The van der Waals surface area contributed by atoms with Gasteiger partial charge in [-0.3, -0.25) is 24.0 Å². The summed E-state index contributed by atoms with van der Waals surface area (Å²) in [5.41, 5.74) is -0.906. The number of rotatable bonds is 18. The molecular formula is C45H60F2N6O11. The predicted molar refractivity (Wildman–Crippen MR) is 226 cm³/mol. The van der Waals surface area contributed by atoms with Gasteiger partial charge in [-0.25, -0.2) is 18.4 Å². The summed E-state index contributed by atoms with van der Waals surface area (Å²) < 4.78 is 52.1. The molecular weight excluding hydrogens is 839 g/mol. The predicted octanol–water partition coefficient (Wildman–Crippen LogP) is 3.33. The number of alkyl halides is 2. The van der Waals surface area contributed by atoms with Crippen molar-refractivity contribution in [3.63, 3.8) is 0 Å². The van der Waals surface area contributed by atoms with Gasteiger partial charge in [0, 0.05) is 29.0 Å². The number of ketones is 2. The molecule has 4 fully saturated rings. The Bertz CT molecular complexity index is 2050. The Balaban J connectivity index is 1.09. The molecule has 64 heavy (non-hydrogen) atoms. The van der Waals surface area contributed by atoms with E-state index < -0.39 is 113 Å². The van der Waals surface area contributed by atoms with Crippen LogP contribution in [-0.4, -0.2) is 108 Å². The summed E-state index contributed by atoms with van der Waals surface area (Å²) in [6.07, 6.45) is -0.643. The topological polar surface area (TPSA) is 254 Å². The first-order chi connectivity index (χ1) is 30.2. The number of ether oxygens (including phenoxy) is 3. The highest BCUT2D eigenvalue weighted by molar-refractivity contribution is 6.01. The van der Waals surface area contributed by atoms with E-state index in [1.165, 1.54) is 19.1 Å². The van der Waals surface area contributed by atoms with Gasteiger partial charge in [0.1, 0.15) is 24.9 Å². The Morgan fingerprint density at radius 2 is 1.78 bits per heavy atom. The molecule has 1 saturated heterocycles. The zero-order valence-corrected chi connectivity index (χ0v) is 36.7. The lowest BCUT2D eigenvalue weighted by atomic mass is 9.44. The highest BCUT2D eigenvalue weighted by atomic mass is 19.1. The van der Waals surface area contributed by atoms with Gasteiger partial charge in [-0.05, 0) is 92.7 Å². The molecule has 6 amide bonds. The smallest absolute Gasteiger partial charge is 0.407 e. The minimum absolute atomic E-state index is 0.00653. The lowest BCUT2D eigenvalue weighted by Gasteiger charge is -2.63. The van der Waals surface area contributed by atoms with Crippen molar-refractivity contribution in [1.29, 1.82) is 0 Å². The summed E-state index contributed by atoms with van der Waals surface area (Å²) in [6, 6.07) is 3.63. The summed E-state index contributed by atoms with van der Waals surface area (Å²) in [6.45, 7) is 8.03. The van der Waals surface area contributed by atoms with E-state index in [9.17, 15) is 38.7 Å². The third-order valence-corrected chi connectivity index (χ3v) is 14.1. The zero-order valence-electron chi connectivity index (χ0n) is 36.7. The fourth-order valence-corrected chi connectivity index (χ4v) is 11.0. The molecule has 17 nitrogen and oxygen atoms in total. The number of carbonyl (C=O) groups is 7. The van der Waals surface area contributed by atoms with Crippen molar-refractivity contribution in [3.8, 4) is 0 Å². The molecule has 12 atom stereocenters. The number of hydrogen-bond acceptors (Lipinski definition) is 11.